The van der Waals surface area contributed by atoms with E-state index in [0.717, 1.165) is 25.0 Å². The SMILES string of the molecule is O=C(Nc1ccc(F)c(F)c1)c1ccc(Cl)c(S(=O)(=O)[C@@H]2CC3CC[C@@H](C2)[C@@]3(O)C(O)C2CC2)c1. The van der Waals surface area contributed by atoms with Crippen LogP contribution in [-0.2, 0) is 9.84 Å². The highest BCUT2D eigenvalue weighted by atomic mass is 35.5. The number of amides is 1. The summed E-state index contributed by atoms with van der Waals surface area (Å²) in [6.45, 7) is 0. The number of carbonyl (C=O) groups is 1. The van der Waals surface area contributed by atoms with Crippen LogP contribution in [0.2, 0.25) is 5.02 Å². The summed E-state index contributed by atoms with van der Waals surface area (Å²) in [6, 6.07) is 6.76. The monoisotopic (exact) mass is 525 g/mol. The molecule has 10 heteroatoms. The molecule has 3 fully saturated rings. The number of sulfone groups is 1. The summed E-state index contributed by atoms with van der Waals surface area (Å²) in [4.78, 5) is 12.5. The van der Waals surface area contributed by atoms with Crippen molar-refractivity contribution in [2.45, 2.75) is 60.4 Å². The molecule has 2 aromatic rings. The molecule has 0 spiro atoms. The van der Waals surface area contributed by atoms with Crippen molar-refractivity contribution in [2.75, 3.05) is 5.32 Å². The maximum Gasteiger partial charge on any atom is 0.255 e. The number of benzene rings is 2. The van der Waals surface area contributed by atoms with Crippen LogP contribution in [0.1, 0.15) is 48.9 Å². The van der Waals surface area contributed by atoms with E-state index in [1.165, 1.54) is 24.3 Å². The molecule has 3 aliphatic rings. The summed E-state index contributed by atoms with van der Waals surface area (Å²) in [7, 11) is -3.95. The summed E-state index contributed by atoms with van der Waals surface area (Å²) < 4.78 is 53.9. The van der Waals surface area contributed by atoms with E-state index in [1.807, 2.05) is 0 Å². The van der Waals surface area contributed by atoms with Gasteiger partial charge in [0.15, 0.2) is 21.5 Å². The van der Waals surface area contributed by atoms with Gasteiger partial charge in [0.25, 0.3) is 5.91 Å². The summed E-state index contributed by atoms with van der Waals surface area (Å²) in [5.41, 5.74) is -1.24. The van der Waals surface area contributed by atoms with E-state index in [-0.39, 0.29) is 51.8 Å². The van der Waals surface area contributed by atoms with Crippen molar-refractivity contribution in [3.05, 3.63) is 58.6 Å². The van der Waals surface area contributed by atoms with Crippen LogP contribution in [0.15, 0.2) is 41.3 Å². The summed E-state index contributed by atoms with van der Waals surface area (Å²) in [5, 5.41) is 23.7. The number of rotatable bonds is 6. The van der Waals surface area contributed by atoms with E-state index in [1.54, 1.807) is 0 Å². The molecule has 5 atom stereocenters. The Balaban J connectivity index is 1.38. The van der Waals surface area contributed by atoms with Crippen molar-refractivity contribution >= 4 is 33.0 Å². The second-order valence-electron chi connectivity index (χ2n) is 10.0. The van der Waals surface area contributed by atoms with Gasteiger partial charge in [-0.25, -0.2) is 17.2 Å². The molecule has 35 heavy (non-hydrogen) atoms. The first kappa shape index (κ1) is 24.6. The summed E-state index contributed by atoms with van der Waals surface area (Å²) in [6.07, 6.45) is 2.64. The molecular weight excluding hydrogens is 500 g/mol. The van der Waals surface area contributed by atoms with Gasteiger partial charge < -0.3 is 15.5 Å². The predicted octanol–water partition coefficient (Wildman–Crippen LogP) is 4.33. The van der Waals surface area contributed by atoms with E-state index in [9.17, 15) is 32.2 Å². The lowest BCUT2D eigenvalue weighted by Gasteiger charge is -2.45. The number of anilines is 1. The Kier molecular flexibility index (Phi) is 6.19. The van der Waals surface area contributed by atoms with Gasteiger partial charge in [-0.1, -0.05) is 11.6 Å². The Morgan fingerprint density at radius 3 is 2.29 bits per heavy atom. The number of aliphatic hydroxyl groups is 2. The van der Waals surface area contributed by atoms with E-state index in [0.29, 0.717) is 12.8 Å². The van der Waals surface area contributed by atoms with Crippen molar-refractivity contribution in [1.82, 2.24) is 0 Å². The van der Waals surface area contributed by atoms with Crippen LogP contribution < -0.4 is 5.32 Å². The normalized spacial score (nSPS) is 29.1. The van der Waals surface area contributed by atoms with Crippen molar-refractivity contribution < 1.29 is 32.2 Å². The number of fused-ring (bicyclic) bond motifs is 2. The Bertz CT molecular complexity index is 1270. The highest BCUT2D eigenvalue weighted by Crippen LogP contribution is 2.56. The molecule has 5 rings (SSSR count). The highest BCUT2D eigenvalue weighted by Gasteiger charge is 2.61. The number of aliphatic hydroxyl groups excluding tert-OH is 1. The molecule has 0 aliphatic heterocycles. The molecule has 0 aromatic heterocycles. The molecule has 2 aromatic carbocycles. The summed E-state index contributed by atoms with van der Waals surface area (Å²) in [5.74, 6) is -3.45. The molecule has 3 saturated carbocycles. The fraction of sp³-hybridized carbons (Fsp3) is 0.480. The zero-order valence-corrected chi connectivity index (χ0v) is 20.3. The van der Waals surface area contributed by atoms with Crippen LogP contribution in [0, 0.1) is 29.4 Å². The van der Waals surface area contributed by atoms with Crippen molar-refractivity contribution in [2.24, 2.45) is 17.8 Å². The van der Waals surface area contributed by atoms with Gasteiger partial charge in [0.1, 0.15) is 0 Å². The lowest BCUT2D eigenvalue weighted by Crippen LogP contribution is -2.56. The highest BCUT2D eigenvalue weighted by molar-refractivity contribution is 7.92. The van der Waals surface area contributed by atoms with Crippen LogP contribution in [0.25, 0.3) is 0 Å². The van der Waals surface area contributed by atoms with Crippen LogP contribution in [0.5, 0.6) is 0 Å². The number of hydrogen-bond donors (Lipinski definition) is 3. The van der Waals surface area contributed by atoms with Gasteiger partial charge in [-0.05, 0) is 86.6 Å². The quantitative estimate of drug-likeness (QED) is 0.520. The smallest absolute Gasteiger partial charge is 0.255 e. The minimum atomic E-state index is -3.95. The minimum Gasteiger partial charge on any atom is -0.390 e. The van der Waals surface area contributed by atoms with Crippen molar-refractivity contribution in [1.29, 1.82) is 0 Å². The van der Waals surface area contributed by atoms with E-state index in [2.05, 4.69) is 5.32 Å². The second kappa shape index (κ2) is 8.80. The molecule has 3 aliphatic carbocycles. The summed E-state index contributed by atoms with van der Waals surface area (Å²) >= 11 is 6.26. The lowest BCUT2D eigenvalue weighted by atomic mass is 9.70. The third-order valence-electron chi connectivity index (χ3n) is 7.92. The fourth-order valence-corrected chi connectivity index (χ4v) is 8.29. The van der Waals surface area contributed by atoms with E-state index < -0.39 is 44.3 Å². The number of hydrogen-bond acceptors (Lipinski definition) is 5. The molecule has 0 saturated heterocycles. The zero-order valence-electron chi connectivity index (χ0n) is 18.8. The number of halogens is 3. The average molecular weight is 526 g/mol. The Morgan fingerprint density at radius 2 is 1.69 bits per heavy atom. The predicted molar refractivity (Wildman–Crippen MR) is 126 cm³/mol. The molecule has 6 nitrogen and oxygen atoms in total. The number of carbonyl (C=O) groups excluding carboxylic acids is 1. The van der Waals surface area contributed by atoms with Gasteiger partial charge in [-0.3, -0.25) is 4.79 Å². The maximum absolute atomic E-state index is 13.6. The molecule has 2 bridgehead atoms. The third-order valence-corrected chi connectivity index (χ3v) is 10.6. The Morgan fingerprint density at radius 1 is 1.03 bits per heavy atom. The van der Waals surface area contributed by atoms with Gasteiger partial charge in [0, 0.05) is 17.3 Å². The van der Waals surface area contributed by atoms with Gasteiger partial charge in [0.2, 0.25) is 0 Å². The lowest BCUT2D eigenvalue weighted by molar-refractivity contribution is -0.149. The molecule has 188 valence electrons. The molecule has 0 radical (unpaired) electrons. The van der Waals surface area contributed by atoms with Crippen LogP contribution in [-0.4, -0.2) is 41.5 Å². The minimum absolute atomic E-state index is 0.00264. The molecule has 2 unspecified atom stereocenters. The Hall–Kier alpha value is -2.07. The molecular formula is C25H26ClF2NO5S. The maximum atomic E-state index is 13.6. The van der Waals surface area contributed by atoms with Crippen molar-refractivity contribution in [3.8, 4) is 0 Å². The first-order chi connectivity index (χ1) is 16.5. The van der Waals surface area contributed by atoms with Crippen LogP contribution in [0.4, 0.5) is 14.5 Å². The third kappa shape index (κ3) is 4.26. The largest absolute Gasteiger partial charge is 0.390 e. The van der Waals surface area contributed by atoms with E-state index in [4.69, 9.17) is 11.6 Å². The average Bonchev–Trinajstić information content (AvgIpc) is 3.64. The van der Waals surface area contributed by atoms with Gasteiger partial charge >= 0.3 is 0 Å². The van der Waals surface area contributed by atoms with Crippen molar-refractivity contribution in [3.63, 3.8) is 0 Å². The van der Waals surface area contributed by atoms with Crippen LogP contribution in [0.3, 0.4) is 0 Å². The van der Waals surface area contributed by atoms with Gasteiger partial charge in [0.05, 0.1) is 26.9 Å². The molecule has 1 amide bonds. The fourth-order valence-electron chi connectivity index (χ4n) is 5.89. The van der Waals surface area contributed by atoms with Gasteiger partial charge in [-0.2, -0.15) is 0 Å². The van der Waals surface area contributed by atoms with E-state index >= 15 is 0 Å². The zero-order chi connectivity index (χ0) is 25.1. The topological polar surface area (TPSA) is 104 Å². The van der Waals surface area contributed by atoms with Crippen LogP contribution >= 0.6 is 11.6 Å². The first-order valence-electron chi connectivity index (χ1n) is 11.7. The van der Waals surface area contributed by atoms with Gasteiger partial charge in [-0.15, -0.1) is 0 Å². The standard InChI is InChI=1S/C25H26ClF2NO5S/c26-19-7-3-14(24(31)29-17-6-8-20(27)21(28)12-17)9-22(19)35(33,34)18-10-15-4-5-16(11-18)25(15,32)23(30)13-1-2-13/h3,6-9,12-13,15-16,18,23,30,32H,1-2,4-5,10-11H2,(H,29,31)/t15-,16?,18-,23?,25-/m0/s1. The number of nitrogens with one attached hydrogen (secondary N) is 1. The molecule has 3 N–H and O–H groups in total. The molecule has 0 heterocycles. The second-order valence-corrected chi connectivity index (χ2v) is 12.6. The first-order valence-corrected chi connectivity index (χ1v) is 13.6. The Labute approximate surface area is 207 Å².